The number of ether oxygens (including phenoxy) is 1. The first kappa shape index (κ1) is 14.8. The van der Waals surface area contributed by atoms with Crippen LogP contribution in [0.3, 0.4) is 0 Å². The molecule has 0 heterocycles. The third-order valence-electron chi connectivity index (χ3n) is 3.24. The SMILES string of the molecule is CC(=O)OC1=C(c2ccc(Cl)cc2)C(=O)CC(C)(C)C1. The van der Waals surface area contributed by atoms with Crippen LogP contribution in [0.15, 0.2) is 30.0 Å². The molecule has 0 amide bonds. The maximum absolute atomic E-state index is 12.4. The van der Waals surface area contributed by atoms with Crippen LogP contribution >= 0.6 is 11.6 Å². The van der Waals surface area contributed by atoms with Crippen LogP contribution in [0.1, 0.15) is 39.2 Å². The highest BCUT2D eigenvalue weighted by molar-refractivity contribution is 6.30. The van der Waals surface area contributed by atoms with Crippen molar-refractivity contribution in [2.24, 2.45) is 5.41 Å². The van der Waals surface area contributed by atoms with Gasteiger partial charge in [0.15, 0.2) is 5.78 Å². The van der Waals surface area contributed by atoms with E-state index in [1.54, 1.807) is 24.3 Å². The molecule has 0 fully saturated rings. The summed E-state index contributed by atoms with van der Waals surface area (Å²) in [5, 5.41) is 0.604. The number of Topliss-reactive ketones (excluding diaryl/α,β-unsaturated/α-hetero) is 1. The Kier molecular flexibility index (Phi) is 4.00. The Hall–Kier alpha value is -1.61. The van der Waals surface area contributed by atoms with Crippen LogP contribution in [-0.4, -0.2) is 11.8 Å². The number of allylic oxidation sites excluding steroid dienone is 2. The van der Waals surface area contributed by atoms with E-state index in [0.29, 0.717) is 29.2 Å². The minimum atomic E-state index is -0.406. The first-order chi connectivity index (χ1) is 9.28. The molecular weight excluding hydrogens is 276 g/mol. The molecule has 0 aromatic heterocycles. The Morgan fingerprint density at radius 2 is 1.80 bits per heavy atom. The molecule has 0 aliphatic heterocycles. The van der Waals surface area contributed by atoms with Crippen molar-refractivity contribution in [3.05, 3.63) is 40.6 Å². The van der Waals surface area contributed by atoms with Crippen LogP contribution in [0.5, 0.6) is 0 Å². The van der Waals surface area contributed by atoms with Crippen LogP contribution in [-0.2, 0) is 14.3 Å². The molecule has 1 aromatic carbocycles. The van der Waals surface area contributed by atoms with Gasteiger partial charge < -0.3 is 4.74 Å². The predicted molar refractivity (Wildman–Crippen MR) is 78.2 cm³/mol. The van der Waals surface area contributed by atoms with Gasteiger partial charge in [-0.2, -0.15) is 0 Å². The molecule has 1 aliphatic carbocycles. The van der Waals surface area contributed by atoms with Gasteiger partial charge >= 0.3 is 5.97 Å². The number of benzene rings is 1. The molecule has 0 saturated heterocycles. The molecule has 0 spiro atoms. The van der Waals surface area contributed by atoms with Crippen LogP contribution in [0, 0.1) is 5.41 Å². The smallest absolute Gasteiger partial charge is 0.307 e. The molecule has 106 valence electrons. The summed E-state index contributed by atoms with van der Waals surface area (Å²) in [6, 6.07) is 7.00. The van der Waals surface area contributed by atoms with Crippen molar-refractivity contribution in [2.45, 2.75) is 33.6 Å². The second-order valence-electron chi connectivity index (χ2n) is 5.84. The molecule has 0 N–H and O–H groups in total. The average molecular weight is 293 g/mol. The highest BCUT2D eigenvalue weighted by Gasteiger charge is 2.35. The maximum atomic E-state index is 12.4. The van der Waals surface area contributed by atoms with Crippen molar-refractivity contribution in [1.82, 2.24) is 0 Å². The zero-order valence-electron chi connectivity index (χ0n) is 11.8. The molecule has 0 bridgehead atoms. The van der Waals surface area contributed by atoms with Crippen LogP contribution in [0.4, 0.5) is 0 Å². The Bertz CT molecular complexity index is 582. The molecule has 1 aliphatic rings. The number of esters is 1. The lowest BCUT2D eigenvalue weighted by Gasteiger charge is -2.31. The van der Waals surface area contributed by atoms with E-state index in [2.05, 4.69) is 0 Å². The molecular formula is C16H17ClO3. The zero-order chi connectivity index (χ0) is 14.9. The average Bonchev–Trinajstić information content (AvgIpc) is 2.28. The van der Waals surface area contributed by atoms with Crippen molar-refractivity contribution < 1.29 is 14.3 Å². The summed E-state index contributed by atoms with van der Waals surface area (Å²) >= 11 is 5.87. The van der Waals surface area contributed by atoms with Crippen LogP contribution in [0.25, 0.3) is 5.57 Å². The van der Waals surface area contributed by atoms with Gasteiger partial charge in [0, 0.05) is 24.8 Å². The Balaban J connectivity index is 2.52. The Labute approximate surface area is 123 Å². The van der Waals surface area contributed by atoms with Gasteiger partial charge in [0.2, 0.25) is 0 Å². The number of hydrogen-bond donors (Lipinski definition) is 0. The second-order valence-corrected chi connectivity index (χ2v) is 6.28. The van der Waals surface area contributed by atoms with Gasteiger partial charge in [-0.3, -0.25) is 9.59 Å². The normalized spacial score (nSPS) is 18.1. The molecule has 4 heteroatoms. The summed E-state index contributed by atoms with van der Waals surface area (Å²) in [6.45, 7) is 5.33. The first-order valence-electron chi connectivity index (χ1n) is 6.49. The summed E-state index contributed by atoms with van der Waals surface area (Å²) in [5.41, 5.74) is 1.04. The third-order valence-corrected chi connectivity index (χ3v) is 3.49. The number of carbonyl (C=O) groups excluding carboxylic acids is 2. The molecule has 20 heavy (non-hydrogen) atoms. The number of carbonyl (C=O) groups is 2. The summed E-state index contributed by atoms with van der Waals surface area (Å²) < 4.78 is 5.28. The summed E-state index contributed by atoms with van der Waals surface area (Å²) in [7, 11) is 0. The van der Waals surface area contributed by atoms with Crippen molar-refractivity contribution in [3.63, 3.8) is 0 Å². The fourth-order valence-corrected chi connectivity index (χ4v) is 2.59. The van der Waals surface area contributed by atoms with Gasteiger partial charge in [0.05, 0.1) is 5.57 Å². The minimum absolute atomic E-state index is 0.000164. The van der Waals surface area contributed by atoms with Gasteiger partial charge in [-0.05, 0) is 23.1 Å². The van der Waals surface area contributed by atoms with E-state index >= 15 is 0 Å². The Morgan fingerprint density at radius 3 is 2.35 bits per heavy atom. The van der Waals surface area contributed by atoms with Gasteiger partial charge in [0.1, 0.15) is 5.76 Å². The predicted octanol–water partition coefficient (Wildman–Crippen LogP) is 4.00. The van der Waals surface area contributed by atoms with Gasteiger partial charge in [-0.25, -0.2) is 0 Å². The topological polar surface area (TPSA) is 43.4 Å². The Morgan fingerprint density at radius 1 is 1.20 bits per heavy atom. The third kappa shape index (κ3) is 3.28. The molecule has 0 radical (unpaired) electrons. The lowest BCUT2D eigenvalue weighted by atomic mass is 9.75. The van der Waals surface area contributed by atoms with E-state index in [0.717, 1.165) is 5.56 Å². The molecule has 0 saturated carbocycles. The maximum Gasteiger partial charge on any atom is 0.307 e. The van der Waals surface area contributed by atoms with E-state index in [-0.39, 0.29) is 11.2 Å². The molecule has 3 nitrogen and oxygen atoms in total. The lowest BCUT2D eigenvalue weighted by molar-refractivity contribution is -0.137. The monoisotopic (exact) mass is 292 g/mol. The first-order valence-corrected chi connectivity index (χ1v) is 6.87. The highest BCUT2D eigenvalue weighted by Crippen LogP contribution is 2.40. The summed E-state index contributed by atoms with van der Waals surface area (Å²) in [4.78, 5) is 23.7. The van der Waals surface area contributed by atoms with E-state index in [9.17, 15) is 9.59 Å². The quantitative estimate of drug-likeness (QED) is 0.774. The number of halogens is 1. The highest BCUT2D eigenvalue weighted by atomic mass is 35.5. The molecule has 1 aromatic rings. The van der Waals surface area contributed by atoms with Crippen molar-refractivity contribution in [3.8, 4) is 0 Å². The van der Waals surface area contributed by atoms with Crippen molar-refractivity contribution >= 4 is 28.9 Å². The van der Waals surface area contributed by atoms with E-state index in [4.69, 9.17) is 16.3 Å². The van der Waals surface area contributed by atoms with Crippen LogP contribution in [0.2, 0.25) is 5.02 Å². The molecule has 2 rings (SSSR count). The summed E-state index contributed by atoms with van der Waals surface area (Å²) in [6.07, 6.45) is 1.01. The summed E-state index contributed by atoms with van der Waals surface area (Å²) in [5.74, 6) is 0.0536. The van der Waals surface area contributed by atoms with E-state index in [1.165, 1.54) is 6.92 Å². The fraction of sp³-hybridized carbons (Fsp3) is 0.375. The minimum Gasteiger partial charge on any atom is -0.430 e. The van der Waals surface area contributed by atoms with Crippen molar-refractivity contribution in [1.29, 1.82) is 0 Å². The van der Waals surface area contributed by atoms with Gasteiger partial charge in [-0.1, -0.05) is 37.6 Å². The second kappa shape index (κ2) is 5.41. The number of hydrogen-bond acceptors (Lipinski definition) is 3. The fourth-order valence-electron chi connectivity index (χ4n) is 2.46. The standard InChI is InChI=1S/C16H17ClO3/c1-10(18)20-14-9-16(2,3)8-13(19)15(14)11-4-6-12(17)7-5-11/h4-7H,8-9H2,1-3H3. The lowest BCUT2D eigenvalue weighted by Crippen LogP contribution is -2.26. The molecule has 0 atom stereocenters. The largest absolute Gasteiger partial charge is 0.430 e. The van der Waals surface area contributed by atoms with Crippen LogP contribution < -0.4 is 0 Å². The van der Waals surface area contributed by atoms with E-state index < -0.39 is 5.97 Å². The van der Waals surface area contributed by atoms with Crippen molar-refractivity contribution in [2.75, 3.05) is 0 Å². The van der Waals surface area contributed by atoms with E-state index in [1.807, 2.05) is 13.8 Å². The van der Waals surface area contributed by atoms with Gasteiger partial charge in [-0.15, -0.1) is 0 Å². The number of ketones is 1. The van der Waals surface area contributed by atoms with Gasteiger partial charge in [0.25, 0.3) is 0 Å². The number of rotatable bonds is 2. The zero-order valence-corrected chi connectivity index (χ0v) is 12.6. The molecule has 0 unspecified atom stereocenters.